The van der Waals surface area contributed by atoms with Crippen LogP contribution in [0, 0.1) is 6.92 Å². The molecule has 3 aromatic rings. The van der Waals surface area contributed by atoms with Gasteiger partial charge in [0.25, 0.3) is 5.91 Å². The number of aromatic nitrogens is 1. The highest BCUT2D eigenvalue weighted by Gasteiger charge is 2.37. The van der Waals surface area contributed by atoms with E-state index in [2.05, 4.69) is 21.4 Å². The molecular formula is C30H36ClN4O7PS. The Morgan fingerprint density at radius 3 is 2.59 bits per heavy atom. The second-order valence-electron chi connectivity index (χ2n) is 11.2. The van der Waals surface area contributed by atoms with E-state index in [4.69, 9.17) is 27.1 Å². The topological polar surface area (TPSA) is 175 Å². The number of allylic oxidation sites excluding steroid dienone is 1. The molecule has 1 saturated heterocycles. The number of likely N-dealkylation sites (tertiary alicyclic amines) is 1. The number of amides is 1. The monoisotopic (exact) mass is 662 g/mol. The van der Waals surface area contributed by atoms with Gasteiger partial charge in [-0.25, -0.2) is 13.0 Å². The summed E-state index contributed by atoms with van der Waals surface area (Å²) in [6, 6.07) is 8.48. The number of aromatic amines is 1. The number of carbonyl (C=O) groups is 1. The minimum Gasteiger partial charge on any atom is -0.403 e. The number of sulfone groups is 1. The highest BCUT2D eigenvalue weighted by Crippen LogP contribution is 2.37. The van der Waals surface area contributed by atoms with E-state index >= 15 is 0 Å². The number of phosphoric ester groups is 1. The molecule has 2 aliphatic rings. The molecule has 14 heteroatoms. The third-order valence-electron chi connectivity index (χ3n) is 8.17. The van der Waals surface area contributed by atoms with Crippen molar-refractivity contribution in [2.24, 2.45) is 5.73 Å². The van der Waals surface area contributed by atoms with Crippen LogP contribution in [0.2, 0.25) is 0 Å². The van der Waals surface area contributed by atoms with Crippen LogP contribution in [0.3, 0.4) is 0 Å². The van der Waals surface area contributed by atoms with Crippen molar-refractivity contribution in [3.8, 4) is 11.1 Å². The van der Waals surface area contributed by atoms with Crippen molar-refractivity contribution >= 4 is 58.7 Å². The van der Waals surface area contributed by atoms with Gasteiger partial charge in [-0.2, -0.15) is 0 Å². The summed E-state index contributed by atoms with van der Waals surface area (Å²) in [5.74, 6) is -0.263. The predicted molar refractivity (Wildman–Crippen MR) is 171 cm³/mol. The van der Waals surface area contributed by atoms with Crippen molar-refractivity contribution in [1.82, 2.24) is 15.2 Å². The first-order valence-electron chi connectivity index (χ1n) is 14.3. The molecular weight excluding hydrogens is 627 g/mol. The number of piperidine rings is 1. The van der Waals surface area contributed by atoms with Gasteiger partial charge in [0.05, 0.1) is 27.3 Å². The van der Waals surface area contributed by atoms with Crippen LogP contribution in [-0.2, 0) is 18.9 Å². The fraction of sp³-hybridized carbons (Fsp3) is 0.367. The van der Waals surface area contributed by atoms with Gasteiger partial charge >= 0.3 is 7.82 Å². The lowest BCUT2D eigenvalue weighted by Gasteiger charge is -2.32. The van der Waals surface area contributed by atoms with E-state index in [-0.39, 0.29) is 28.7 Å². The number of hydrogen-bond donors (Lipinski definition) is 5. The van der Waals surface area contributed by atoms with Crippen LogP contribution < -0.4 is 21.6 Å². The van der Waals surface area contributed by atoms with Crippen molar-refractivity contribution in [3.63, 3.8) is 0 Å². The lowest BCUT2D eigenvalue weighted by atomic mass is 9.93. The van der Waals surface area contributed by atoms with Gasteiger partial charge in [0, 0.05) is 53.4 Å². The van der Waals surface area contributed by atoms with Crippen LogP contribution in [-0.4, -0.2) is 71.5 Å². The summed E-state index contributed by atoms with van der Waals surface area (Å²) in [7, 11) is -7.96. The van der Waals surface area contributed by atoms with Crippen LogP contribution in [0.15, 0.2) is 46.5 Å². The molecule has 1 aliphatic carbocycles. The molecule has 1 saturated carbocycles. The van der Waals surface area contributed by atoms with Crippen LogP contribution in [0.4, 0.5) is 0 Å². The zero-order chi connectivity index (χ0) is 31.8. The number of nitrogens with zero attached hydrogens (tertiary/aromatic N) is 1. The van der Waals surface area contributed by atoms with Gasteiger partial charge in [0.2, 0.25) is 0 Å². The van der Waals surface area contributed by atoms with Crippen molar-refractivity contribution < 1.29 is 32.1 Å². The number of nitrogens with two attached hydrogens (primary N) is 1. The SMILES string of the molecule is C=c1[nH]c2c(C)c(C(=O)NC3CCN(CCOP(=O)(O)O)CC3)cc(-c3cccc(S(=O)(=O)C4CC4)c3)c2/c1=C/C(Cl)=C\N. The predicted octanol–water partition coefficient (Wildman–Crippen LogP) is 2.61. The standard InChI is InChI=1S/C30H36ClN4O7PS/c1-18-25(30(36)34-22-8-10-35(11-9-22)12-13-42-43(37,38)39)16-27(28-26(15-21(31)17-32)19(2)33-29(18)28)20-4-3-5-24(14-20)44(40,41)23-6-7-23/h3-5,14-17,22-23,33H,2,6-13,32H2,1H3,(H,34,36)(H2,37,38,39)/b21-17+,26-15+. The minimum atomic E-state index is -4.51. The molecule has 1 aromatic heterocycles. The third-order valence-corrected chi connectivity index (χ3v) is 11.2. The van der Waals surface area contributed by atoms with Gasteiger partial charge in [-0.1, -0.05) is 30.3 Å². The smallest absolute Gasteiger partial charge is 0.403 e. The van der Waals surface area contributed by atoms with Gasteiger partial charge in [0.1, 0.15) is 0 Å². The molecule has 44 heavy (non-hydrogen) atoms. The fourth-order valence-corrected chi connectivity index (χ4v) is 7.79. The first-order chi connectivity index (χ1) is 20.8. The molecule has 2 heterocycles. The number of fused-ring (bicyclic) bond motifs is 1. The fourth-order valence-electron chi connectivity index (χ4n) is 5.66. The largest absolute Gasteiger partial charge is 0.469 e. The quantitative estimate of drug-likeness (QED) is 0.204. The molecule has 11 nitrogen and oxygen atoms in total. The number of halogens is 1. The van der Waals surface area contributed by atoms with Crippen LogP contribution in [0.5, 0.6) is 0 Å². The lowest BCUT2D eigenvalue weighted by Crippen LogP contribution is -2.45. The second kappa shape index (κ2) is 12.8. The number of H-pyrrole nitrogens is 1. The number of aryl methyl sites for hydroxylation is 1. The van der Waals surface area contributed by atoms with Gasteiger partial charge in [0.15, 0.2) is 9.84 Å². The molecule has 2 aromatic carbocycles. The molecule has 0 radical (unpaired) electrons. The van der Waals surface area contributed by atoms with E-state index < -0.39 is 17.7 Å². The van der Waals surface area contributed by atoms with Gasteiger partial charge in [-0.15, -0.1) is 0 Å². The first kappa shape index (κ1) is 32.4. The Morgan fingerprint density at radius 1 is 1.25 bits per heavy atom. The summed E-state index contributed by atoms with van der Waals surface area (Å²) in [4.78, 5) is 37.1. The maximum Gasteiger partial charge on any atom is 0.469 e. The zero-order valence-electron chi connectivity index (χ0n) is 24.3. The maximum absolute atomic E-state index is 13.8. The average Bonchev–Trinajstić information content (AvgIpc) is 3.79. The normalized spacial score (nSPS) is 17.8. The van der Waals surface area contributed by atoms with E-state index in [1.807, 2.05) is 17.9 Å². The highest BCUT2D eigenvalue weighted by molar-refractivity contribution is 7.92. The van der Waals surface area contributed by atoms with Crippen LogP contribution >= 0.6 is 19.4 Å². The van der Waals surface area contributed by atoms with E-state index in [9.17, 15) is 17.8 Å². The summed E-state index contributed by atoms with van der Waals surface area (Å²) in [6.45, 7) is 7.57. The first-order valence-corrected chi connectivity index (χ1v) is 17.7. The number of carbonyl (C=O) groups excluding carboxylic acids is 1. The van der Waals surface area contributed by atoms with Crippen molar-refractivity contribution in [3.05, 3.63) is 63.3 Å². The summed E-state index contributed by atoms with van der Waals surface area (Å²) in [5.41, 5.74) is 8.76. The summed E-state index contributed by atoms with van der Waals surface area (Å²) in [5, 5.41) is 5.07. The summed E-state index contributed by atoms with van der Waals surface area (Å²) < 4.78 is 41.7. The molecule has 6 N–H and O–H groups in total. The van der Waals surface area contributed by atoms with Crippen molar-refractivity contribution in [2.45, 2.75) is 48.8 Å². The molecule has 0 bridgehead atoms. The Morgan fingerprint density at radius 2 is 1.95 bits per heavy atom. The lowest BCUT2D eigenvalue weighted by molar-refractivity contribution is 0.0898. The van der Waals surface area contributed by atoms with Gasteiger partial charge in [-0.3, -0.25) is 9.32 Å². The molecule has 1 amide bonds. The van der Waals surface area contributed by atoms with Crippen molar-refractivity contribution in [2.75, 3.05) is 26.2 Å². The number of benzene rings is 2. The van der Waals surface area contributed by atoms with E-state index in [1.165, 1.54) is 6.20 Å². The molecule has 1 aliphatic heterocycles. The van der Waals surface area contributed by atoms with Crippen molar-refractivity contribution in [1.29, 1.82) is 0 Å². The molecule has 0 unspecified atom stereocenters. The number of nitrogens with one attached hydrogen (secondary N) is 2. The van der Waals surface area contributed by atoms with Gasteiger partial charge in [-0.05, 0) is 73.6 Å². The Hall–Kier alpha value is -2.96. The van der Waals surface area contributed by atoms with Gasteiger partial charge < -0.3 is 30.7 Å². The zero-order valence-corrected chi connectivity index (χ0v) is 26.7. The Labute approximate surface area is 260 Å². The molecule has 236 valence electrons. The number of rotatable bonds is 10. The summed E-state index contributed by atoms with van der Waals surface area (Å²) in [6.07, 6.45) is 5.58. The molecule has 5 rings (SSSR count). The Balaban J connectivity index is 1.49. The van der Waals surface area contributed by atoms with Crippen LogP contribution in [0.1, 0.15) is 41.6 Å². The Kier molecular flexibility index (Phi) is 9.44. The third kappa shape index (κ3) is 7.13. The number of phosphoric acid groups is 1. The highest BCUT2D eigenvalue weighted by atomic mass is 35.5. The molecule has 2 fully saturated rings. The summed E-state index contributed by atoms with van der Waals surface area (Å²) >= 11 is 6.29. The maximum atomic E-state index is 13.8. The van der Waals surface area contributed by atoms with E-state index in [0.29, 0.717) is 88.7 Å². The average molecular weight is 663 g/mol. The van der Waals surface area contributed by atoms with E-state index in [0.717, 1.165) is 5.39 Å². The number of hydrogen-bond acceptors (Lipinski definition) is 7. The van der Waals surface area contributed by atoms with Crippen LogP contribution in [0.25, 0.3) is 34.7 Å². The minimum absolute atomic E-state index is 0.0808. The molecule has 0 spiro atoms. The Bertz CT molecular complexity index is 1890. The second-order valence-corrected chi connectivity index (χ2v) is 15.1. The van der Waals surface area contributed by atoms with E-state index in [1.54, 1.807) is 30.3 Å². The molecule has 0 atom stereocenters.